The van der Waals surface area contributed by atoms with Gasteiger partial charge in [-0.2, -0.15) is 0 Å². The summed E-state index contributed by atoms with van der Waals surface area (Å²) < 4.78 is 5.13. The Morgan fingerprint density at radius 2 is 2.21 bits per heavy atom. The van der Waals surface area contributed by atoms with Crippen molar-refractivity contribution in [2.75, 3.05) is 6.61 Å². The van der Waals surface area contributed by atoms with Crippen molar-refractivity contribution in [1.29, 1.82) is 0 Å². The quantitative estimate of drug-likeness (QED) is 0.310. The van der Waals surface area contributed by atoms with E-state index in [1.807, 2.05) is 30.3 Å². The van der Waals surface area contributed by atoms with Crippen LogP contribution >= 0.6 is 0 Å². The number of hydrogen-bond donors (Lipinski definition) is 0. The Kier molecular flexibility index (Phi) is 2.68. The van der Waals surface area contributed by atoms with Crippen LogP contribution in [0.2, 0.25) is 0 Å². The highest BCUT2D eigenvalue weighted by molar-refractivity contribution is 5.16. The molecule has 1 saturated heterocycles. The summed E-state index contributed by atoms with van der Waals surface area (Å²) in [7, 11) is 0. The van der Waals surface area contributed by atoms with E-state index in [0.29, 0.717) is 0 Å². The first kappa shape index (κ1) is 9.06. The zero-order valence-corrected chi connectivity index (χ0v) is 7.71. The molecule has 1 aliphatic heterocycles. The van der Waals surface area contributed by atoms with Crippen LogP contribution in [-0.2, 0) is 11.2 Å². The molecule has 0 radical (unpaired) electrons. The molecule has 2 rings (SSSR count). The zero-order valence-electron chi connectivity index (χ0n) is 7.71. The zero-order chi connectivity index (χ0) is 9.80. The average molecular weight is 189 g/mol. The Bertz CT molecular complexity index is 342. The molecular weight excluding hydrogens is 178 g/mol. The molecule has 14 heavy (non-hydrogen) atoms. The van der Waals surface area contributed by atoms with E-state index >= 15 is 0 Å². The van der Waals surface area contributed by atoms with Gasteiger partial charge in [-0.15, -0.1) is 0 Å². The molecule has 0 spiro atoms. The van der Waals surface area contributed by atoms with Crippen molar-refractivity contribution in [3.05, 3.63) is 46.3 Å². The number of benzene rings is 1. The Morgan fingerprint density at radius 1 is 1.50 bits per heavy atom. The standard InChI is InChI=1S/C10H11N3O/c11-13-12-9(10-7-14-10)6-8-4-2-1-3-5-8/h1-5,9-10H,6-7H2. The third-order valence-electron chi connectivity index (χ3n) is 2.28. The van der Waals surface area contributed by atoms with Crippen LogP contribution in [0.4, 0.5) is 0 Å². The lowest BCUT2D eigenvalue weighted by atomic mass is 10.0. The summed E-state index contributed by atoms with van der Waals surface area (Å²) in [6.45, 7) is 0.719. The van der Waals surface area contributed by atoms with E-state index in [1.165, 1.54) is 5.56 Å². The van der Waals surface area contributed by atoms with Gasteiger partial charge >= 0.3 is 0 Å². The fourth-order valence-electron chi connectivity index (χ4n) is 1.45. The number of rotatable bonds is 4. The average Bonchev–Trinajstić information content (AvgIpc) is 3.02. The maximum absolute atomic E-state index is 8.39. The lowest BCUT2D eigenvalue weighted by Crippen LogP contribution is -2.15. The first-order valence-electron chi connectivity index (χ1n) is 4.60. The second kappa shape index (κ2) is 4.13. The van der Waals surface area contributed by atoms with Gasteiger partial charge in [0.15, 0.2) is 0 Å². The number of hydrogen-bond acceptors (Lipinski definition) is 2. The second-order valence-electron chi connectivity index (χ2n) is 3.33. The molecule has 0 saturated carbocycles. The lowest BCUT2D eigenvalue weighted by Gasteiger charge is -2.06. The fourth-order valence-corrected chi connectivity index (χ4v) is 1.45. The van der Waals surface area contributed by atoms with Crippen molar-refractivity contribution >= 4 is 0 Å². The molecule has 1 aliphatic rings. The maximum atomic E-state index is 8.39. The van der Waals surface area contributed by atoms with Crippen molar-refractivity contribution < 1.29 is 4.74 Å². The molecule has 4 nitrogen and oxygen atoms in total. The van der Waals surface area contributed by atoms with Crippen LogP contribution in [0.25, 0.3) is 10.4 Å². The molecule has 1 aromatic carbocycles. The number of nitrogens with zero attached hydrogens (tertiary/aromatic N) is 3. The van der Waals surface area contributed by atoms with Gasteiger partial charge in [0.1, 0.15) is 0 Å². The van der Waals surface area contributed by atoms with Crippen LogP contribution in [0.5, 0.6) is 0 Å². The van der Waals surface area contributed by atoms with E-state index in [2.05, 4.69) is 10.0 Å². The molecule has 2 atom stereocenters. The van der Waals surface area contributed by atoms with Gasteiger partial charge in [0, 0.05) is 4.91 Å². The maximum Gasteiger partial charge on any atom is 0.0897 e. The number of ether oxygens (including phenoxy) is 1. The highest BCUT2D eigenvalue weighted by Gasteiger charge is 2.31. The minimum absolute atomic E-state index is 0.0533. The van der Waals surface area contributed by atoms with E-state index < -0.39 is 0 Å². The summed E-state index contributed by atoms with van der Waals surface area (Å²) in [5.41, 5.74) is 9.58. The summed E-state index contributed by atoms with van der Waals surface area (Å²) in [6, 6.07) is 9.94. The molecule has 0 amide bonds. The molecule has 0 aliphatic carbocycles. The van der Waals surface area contributed by atoms with Crippen LogP contribution in [0.15, 0.2) is 35.4 Å². The summed E-state index contributed by atoms with van der Waals surface area (Å²) in [4.78, 5) is 2.84. The highest BCUT2D eigenvalue weighted by Crippen LogP contribution is 2.20. The van der Waals surface area contributed by atoms with Crippen LogP contribution in [0.3, 0.4) is 0 Å². The fraction of sp³-hybridized carbons (Fsp3) is 0.400. The van der Waals surface area contributed by atoms with Gasteiger partial charge in [-0.25, -0.2) is 0 Å². The van der Waals surface area contributed by atoms with Gasteiger partial charge < -0.3 is 4.74 Å². The molecule has 0 aromatic heterocycles. The van der Waals surface area contributed by atoms with Gasteiger partial charge in [-0.05, 0) is 17.5 Å². The van der Waals surface area contributed by atoms with Crippen LogP contribution < -0.4 is 0 Å². The van der Waals surface area contributed by atoms with E-state index in [-0.39, 0.29) is 12.1 Å². The molecule has 72 valence electrons. The number of azide groups is 1. The summed E-state index contributed by atoms with van der Waals surface area (Å²) in [6.07, 6.45) is 0.890. The topological polar surface area (TPSA) is 61.3 Å². The molecular formula is C10H11N3O. The Balaban J connectivity index is 2.03. The van der Waals surface area contributed by atoms with Crippen LogP contribution in [-0.4, -0.2) is 18.8 Å². The van der Waals surface area contributed by atoms with Crippen molar-refractivity contribution in [2.24, 2.45) is 5.11 Å². The van der Waals surface area contributed by atoms with Crippen molar-refractivity contribution in [3.63, 3.8) is 0 Å². The van der Waals surface area contributed by atoms with Crippen molar-refractivity contribution in [1.82, 2.24) is 0 Å². The van der Waals surface area contributed by atoms with Crippen molar-refractivity contribution in [2.45, 2.75) is 18.6 Å². The van der Waals surface area contributed by atoms with Gasteiger partial charge in [0.05, 0.1) is 18.8 Å². The van der Waals surface area contributed by atoms with Crippen LogP contribution in [0.1, 0.15) is 5.56 Å². The van der Waals surface area contributed by atoms with Crippen molar-refractivity contribution in [3.8, 4) is 0 Å². The predicted molar refractivity (Wildman–Crippen MR) is 52.8 cm³/mol. The Hall–Kier alpha value is -1.51. The molecule has 4 heteroatoms. The van der Waals surface area contributed by atoms with Gasteiger partial charge in [-0.1, -0.05) is 35.4 Å². The normalized spacial score (nSPS) is 21.0. The lowest BCUT2D eigenvalue weighted by molar-refractivity contribution is 0.371. The molecule has 0 N–H and O–H groups in total. The Morgan fingerprint density at radius 3 is 2.79 bits per heavy atom. The molecule has 1 fully saturated rings. The first-order chi connectivity index (χ1) is 6.90. The first-order valence-corrected chi connectivity index (χ1v) is 4.60. The largest absolute Gasteiger partial charge is 0.373 e. The SMILES string of the molecule is [N-]=[N+]=NC(Cc1ccccc1)C1CO1. The Labute approximate surface area is 82.1 Å². The van der Waals surface area contributed by atoms with E-state index in [9.17, 15) is 0 Å². The summed E-state index contributed by atoms with van der Waals surface area (Å²) in [5, 5.41) is 3.74. The highest BCUT2D eigenvalue weighted by atomic mass is 16.6. The molecule has 0 bridgehead atoms. The van der Waals surface area contributed by atoms with Gasteiger partial charge in [-0.3, -0.25) is 0 Å². The third-order valence-corrected chi connectivity index (χ3v) is 2.28. The summed E-state index contributed by atoms with van der Waals surface area (Å²) in [5.74, 6) is 0. The van der Waals surface area contributed by atoms with Gasteiger partial charge in [0.25, 0.3) is 0 Å². The van der Waals surface area contributed by atoms with E-state index in [1.54, 1.807) is 0 Å². The molecule has 1 heterocycles. The minimum Gasteiger partial charge on any atom is -0.373 e. The monoisotopic (exact) mass is 189 g/mol. The number of epoxide rings is 1. The minimum atomic E-state index is -0.0533. The molecule has 2 unspecified atom stereocenters. The van der Waals surface area contributed by atoms with Gasteiger partial charge in [0.2, 0.25) is 0 Å². The predicted octanol–water partition coefficient (Wildman–Crippen LogP) is 2.31. The smallest absolute Gasteiger partial charge is 0.0897 e. The third kappa shape index (κ3) is 2.25. The van der Waals surface area contributed by atoms with E-state index in [0.717, 1.165) is 13.0 Å². The van der Waals surface area contributed by atoms with Crippen LogP contribution in [0, 0.1) is 0 Å². The second-order valence-corrected chi connectivity index (χ2v) is 3.33. The molecule has 1 aromatic rings. The van der Waals surface area contributed by atoms with E-state index in [4.69, 9.17) is 10.3 Å². The summed E-state index contributed by atoms with van der Waals surface area (Å²) >= 11 is 0.